The second-order valence-electron chi connectivity index (χ2n) is 9.26. The molecule has 0 aliphatic heterocycles. The van der Waals surface area contributed by atoms with Crippen LogP contribution in [0, 0.1) is 0 Å². The van der Waals surface area contributed by atoms with Crippen LogP contribution in [0.3, 0.4) is 0 Å². The predicted molar refractivity (Wildman–Crippen MR) is 160 cm³/mol. The Morgan fingerprint density at radius 1 is 1.18 bits per heavy atom. The van der Waals surface area contributed by atoms with Gasteiger partial charge < -0.3 is 10.0 Å². The van der Waals surface area contributed by atoms with E-state index in [0.29, 0.717) is 16.1 Å². The summed E-state index contributed by atoms with van der Waals surface area (Å²) in [6.07, 6.45) is 5.52. The number of nitrogens with one attached hydrogen (secondary N) is 1. The number of carbonyl (C=O) groups excluding carboxylic acids is 1. The van der Waals surface area contributed by atoms with Crippen molar-refractivity contribution in [2.75, 3.05) is 23.7 Å². The molecule has 0 spiro atoms. The largest absolute Gasteiger partial charge is 0.507 e. The van der Waals surface area contributed by atoms with Gasteiger partial charge in [-0.1, -0.05) is 30.0 Å². The Hall–Kier alpha value is -3.63. The van der Waals surface area contributed by atoms with Gasteiger partial charge in [0.2, 0.25) is 0 Å². The third-order valence-electron chi connectivity index (χ3n) is 6.84. The molecule has 0 saturated carbocycles. The number of fused-ring (bicyclic) bond motifs is 3. The van der Waals surface area contributed by atoms with E-state index >= 15 is 0 Å². The van der Waals surface area contributed by atoms with Gasteiger partial charge in [-0.15, -0.1) is 11.3 Å². The number of hydrogen-bond donors (Lipinski definition) is 2. The average Bonchev–Trinajstić information content (AvgIpc) is 3.33. The SMILES string of the molecule is CCN(CC)c1ccc(/C=N\NC(=O)CSc2nc3sc4c(c3c(=O)n2-c2ccccc2)CCCC4)c(O)c1. The lowest BCUT2D eigenvalue weighted by Crippen LogP contribution is -2.24. The van der Waals surface area contributed by atoms with Crippen molar-refractivity contribution < 1.29 is 9.90 Å². The highest BCUT2D eigenvalue weighted by atomic mass is 32.2. The van der Waals surface area contributed by atoms with Crippen molar-refractivity contribution in [3.8, 4) is 11.4 Å². The number of para-hydroxylation sites is 1. The van der Waals surface area contributed by atoms with Crippen molar-refractivity contribution in [3.05, 3.63) is 74.9 Å². The molecule has 0 saturated heterocycles. The molecule has 0 atom stereocenters. The fourth-order valence-electron chi connectivity index (χ4n) is 4.85. The van der Waals surface area contributed by atoms with Crippen LogP contribution in [-0.4, -0.2) is 45.6 Å². The molecule has 2 N–H and O–H groups in total. The number of benzene rings is 2. The van der Waals surface area contributed by atoms with Crippen molar-refractivity contribution in [2.45, 2.75) is 44.7 Å². The second kappa shape index (κ2) is 12.0. The maximum absolute atomic E-state index is 13.8. The van der Waals surface area contributed by atoms with Gasteiger partial charge in [0, 0.05) is 35.3 Å². The highest BCUT2D eigenvalue weighted by Crippen LogP contribution is 2.35. The topological polar surface area (TPSA) is 99.8 Å². The lowest BCUT2D eigenvalue weighted by Gasteiger charge is -2.21. The quantitative estimate of drug-likeness (QED) is 0.127. The molecule has 8 nitrogen and oxygen atoms in total. The first-order valence-corrected chi connectivity index (χ1v) is 15.0. The zero-order valence-electron chi connectivity index (χ0n) is 22.0. The highest BCUT2D eigenvalue weighted by Gasteiger charge is 2.23. The Morgan fingerprint density at radius 3 is 2.69 bits per heavy atom. The zero-order valence-corrected chi connectivity index (χ0v) is 23.6. The van der Waals surface area contributed by atoms with Crippen molar-refractivity contribution in [3.63, 3.8) is 0 Å². The van der Waals surface area contributed by atoms with Crippen LogP contribution in [0.2, 0.25) is 0 Å². The minimum absolute atomic E-state index is 0.0279. The van der Waals surface area contributed by atoms with Crippen LogP contribution in [0.5, 0.6) is 5.75 Å². The number of carbonyl (C=O) groups is 1. The summed E-state index contributed by atoms with van der Waals surface area (Å²) in [6.45, 7) is 5.80. The molecule has 1 aliphatic rings. The number of thiophene rings is 1. The Labute approximate surface area is 235 Å². The molecule has 2 aromatic heterocycles. The summed E-state index contributed by atoms with van der Waals surface area (Å²) in [6, 6.07) is 14.8. The predicted octanol–water partition coefficient (Wildman–Crippen LogP) is 5.12. The summed E-state index contributed by atoms with van der Waals surface area (Å²) in [4.78, 5) is 35.4. The third kappa shape index (κ3) is 5.72. The van der Waals surface area contributed by atoms with Crippen LogP contribution in [0.15, 0.2) is 63.6 Å². The Kier molecular flexibility index (Phi) is 8.33. The first kappa shape index (κ1) is 27.0. The first-order valence-electron chi connectivity index (χ1n) is 13.2. The number of hydrogen-bond acceptors (Lipinski definition) is 8. The van der Waals surface area contributed by atoms with Crippen LogP contribution >= 0.6 is 23.1 Å². The normalized spacial score (nSPS) is 13.1. The number of aromatic hydroxyl groups is 1. The minimum atomic E-state index is -0.338. The van der Waals surface area contributed by atoms with Crippen molar-refractivity contribution in [1.82, 2.24) is 15.0 Å². The number of hydrazone groups is 1. The molecule has 1 aliphatic carbocycles. The monoisotopic (exact) mass is 561 g/mol. The van der Waals surface area contributed by atoms with Gasteiger partial charge in [0.05, 0.1) is 23.0 Å². The second-order valence-corrected chi connectivity index (χ2v) is 11.3. The van der Waals surface area contributed by atoms with Crippen LogP contribution in [0.4, 0.5) is 5.69 Å². The molecule has 0 unspecified atom stereocenters. The average molecular weight is 562 g/mol. The number of aryl methyl sites for hydroxylation is 2. The van der Waals surface area contributed by atoms with E-state index in [0.717, 1.165) is 60.5 Å². The molecule has 0 bridgehead atoms. The molecule has 202 valence electrons. The van der Waals surface area contributed by atoms with Gasteiger partial charge in [-0.3, -0.25) is 14.2 Å². The molecular formula is C29H31N5O3S2. The summed E-state index contributed by atoms with van der Waals surface area (Å²) in [7, 11) is 0. The van der Waals surface area contributed by atoms with Gasteiger partial charge in [0.15, 0.2) is 5.16 Å². The number of thioether (sulfide) groups is 1. The maximum Gasteiger partial charge on any atom is 0.267 e. The molecule has 5 rings (SSSR count). The summed E-state index contributed by atoms with van der Waals surface area (Å²) in [5.74, 6) is -0.218. The van der Waals surface area contributed by atoms with Crippen LogP contribution in [-0.2, 0) is 17.6 Å². The van der Waals surface area contributed by atoms with Gasteiger partial charge in [-0.2, -0.15) is 5.10 Å². The summed E-state index contributed by atoms with van der Waals surface area (Å²) < 4.78 is 1.61. The van der Waals surface area contributed by atoms with Crippen LogP contribution in [0.1, 0.15) is 42.7 Å². The minimum Gasteiger partial charge on any atom is -0.507 e. The van der Waals surface area contributed by atoms with E-state index in [2.05, 4.69) is 29.3 Å². The van der Waals surface area contributed by atoms with Gasteiger partial charge in [0.1, 0.15) is 10.6 Å². The fourth-order valence-corrected chi connectivity index (χ4v) is 6.96. The lowest BCUT2D eigenvalue weighted by molar-refractivity contribution is -0.118. The standard InChI is InChI=1S/C29H31N5O3S2/c1-3-33(4-2)21-15-14-19(23(35)16-21)17-30-32-25(36)18-38-29-31-27-26(22-12-8-9-13-24(22)39-27)28(37)34(29)20-10-6-5-7-11-20/h5-7,10-11,14-17,35H,3-4,8-9,12-13,18H2,1-2H3,(H,32,36)/b30-17-. The molecule has 2 heterocycles. The molecule has 4 aromatic rings. The van der Waals surface area contributed by atoms with E-state index in [-0.39, 0.29) is 23.0 Å². The van der Waals surface area contributed by atoms with Gasteiger partial charge in [-0.05, 0) is 69.4 Å². The van der Waals surface area contributed by atoms with E-state index in [1.54, 1.807) is 28.0 Å². The number of nitrogens with zero attached hydrogens (tertiary/aromatic N) is 4. The van der Waals surface area contributed by atoms with Crippen LogP contribution in [0.25, 0.3) is 15.9 Å². The van der Waals surface area contributed by atoms with E-state index in [1.807, 2.05) is 36.4 Å². The molecule has 0 fully saturated rings. The van der Waals surface area contributed by atoms with E-state index in [1.165, 1.54) is 22.9 Å². The fraction of sp³-hybridized carbons (Fsp3) is 0.310. The van der Waals surface area contributed by atoms with Gasteiger partial charge in [0.25, 0.3) is 11.5 Å². The van der Waals surface area contributed by atoms with E-state index < -0.39 is 0 Å². The maximum atomic E-state index is 13.8. The smallest absolute Gasteiger partial charge is 0.267 e. The van der Waals surface area contributed by atoms with Crippen molar-refractivity contribution in [1.29, 1.82) is 0 Å². The third-order valence-corrected chi connectivity index (χ3v) is 8.96. The molecule has 0 radical (unpaired) electrons. The molecule has 2 aromatic carbocycles. The number of phenols is 1. The number of amides is 1. The molecular weight excluding hydrogens is 530 g/mol. The summed E-state index contributed by atoms with van der Waals surface area (Å²) in [5.41, 5.74) is 5.72. The number of phenolic OH excluding ortho intramolecular Hbond substituents is 1. The molecule has 10 heteroatoms. The van der Waals surface area contributed by atoms with Gasteiger partial charge >= 0.3 is 0 Å². The van der Waals surface area contributed by atoms with E-state index in [4.69, 9.17) is 4.98 Å². The highest BCUT2D eigenvalue weighted by molar-refractivity contribution is 7.99. The zero-order chi connectivity index (χ0) is 27.4. The van der Waals surface area contributed by atoms with E-state index in [9.17, 15) is 14.7 Å². The Balaban J connectivity index is 1.34. The molecule has 1 amide bonds. The molecule has 39 heavy (non-hydrogen) atoms. The van der Waals surface area contributed by atoms with Crippen molar-refractivity contribution >= 4 is 51.1 Å². The summed E-state index contributed by atoms with van der Waals surface area (Å²) >= 11 is 2.80. The Bertz CT molecular complexity index is 1580. The summed E-state index contributed by atoms with van der Waals surface area (Å²) in [5, 5.41) is 15.6. The van der Waals surface area contributed by atoms with Crippen LogP contribution < -0.4 is 15.9 Å². The lowest BCUT2D eigenvalue weighted by atomic mass is 9.97. The Morgan fingerprint density at radius 2 is 1.95 bits per heavy atom. The number of anilines is 1. The first-order chi connectivity index (χ1) is 19.0. The number of aromatic nitrogens is 2. The number of rotatable bonds is 9. The van der Waals surface area contributed by atoms with Crippen molar-refractivity contribution in [2.24, 2.45) is 5.10 Å². The van der Waals surface area contributed by atoms with Gasteiger partial charge in [-0.25, -0.2) is 10.4 Å².